The molecular weight excluding hydrogens is 400 g/mol. The second-order valence-corrected chi connectivity index (χ2v) is 9.92. The summed E-state index contributed by atoms with van der Waals surface area (Å²) in [5.74, 6) is 1.23. The number of aliphatic imine (C=N–C) groups is 1. The van der Waals surface area contributed by atoms with E-state index < -0.39 is 10.0 Å². The van der Waals surface area contributed by atoms with Gasteiger partial charge in [0.05, 0.1) is 11.4 Å². The Bertz CT molecular complexity index is 759. The van der Waals surface area contributed by atoms with Gasteiger partial charge in [-0.3, -0.25) is 0 Å². The molecule has 7 nitrogen and oxygen atoms in total. The smallest absolute Gasteiger partial charge is 0.243 e. The van der Waals surface area contributed by atoms with Crippen molar-refractivity contribution in [3.63, 3.8) is 0 Å². The zero-order valence-electron chi connectivity index (χ0n) is 18.7. The van der Waals surface area contributed by atoms with Gasteiger partial charge in [-0.05, 0) is 43.7 Å². The number of guanidine groups is 1. The number of hydrogen-bond acceptors (Lipinski definition) is 4. The molecule has 0 spiro atoms. The van der Waals surface area contributed by atoms with E-state index in [9.17, 15) is 8.42 Å². The molecule has 0 aliphatic carbocycles. The van der Waals surface area contributed by atoms with Crippen LogP contribution >= 0.6 is 0 Å². The fraction of sp³-hybridized carbons (Fsp3) is 0.682. The predicted molar refractivity (Wildman–Crippen MR) is 122 cm³/mol. The molecule has 0 radical (unpaired) electrons. The third-order valence-electron chi connectivity index (χ3n) is 4.87. The van der Waals surface area contributed by atoms with Crippen LogP contribution < -0.4 is 10.6 Å². The lowest BCUT2D eigenvalue weighted by atomic mass is 10.2. The van der Waals surface area contributed by atoms with Gasteiger partial charge in [0.15, 0.2) is 5.96 Å². The maximum absolute atomic E-state index is 13.1. The number of sulfonamides is 1. The number of benzene rings is 1. The minimum absolute atomic E-state index is 0.308. The molecule has 1 aliphatic heterocycles. The van der Waals surface area contributed by atoms with Crippen molar-refractivity contribution in [2.75, 3.05) is 39.4 Å². The van der Waals surface area contributed by atoms with E-state index >= 15 is 0 Å². The largest absolute Gasteiger partial charge is 0.381 e. The standard InChI is InChI=1S/C22H38N4O3S/c1-4-23-22(24-13-10-16-29-18-19(2)3)25-17-20-11-6-7-12-21(20)30(27,28)26-14-8-5-9-15-26/h6-7,11-12,19H,4-5,8-10,13-18H2,1-3H3,(H2,23,24,25). The number of rotatable bonds is 11. The molecule has 2 N–H and O–H groups in total. The summed E-state index contributed by atoms with van der Waals surface area (Å²) >= 11 is 0. The van der Waals surface area contributed by atoms with Gasteiger partial charge in [0.2, 0.25) is 10.0 Å². The molecule has 0 bridgehead atoms. The van der Waals surface area contributed by atoms with Gasteiger partial charge in [-0.2, -0.15) is 4.31 Å². The van der Waals surface area contributed by atoms with Gasteiger partial charge in [-0.15, -0.1) is 0 Å². The molecule has 0 atom stereocenters. The van der Waals surface area contributed by atoms with Crippen molar-refractivity contribution >= 4 is 16.0 Å². The SMILES string of the molecule is CCNC(=NCc1ccccc1S(=O)(=O)N1CCCCC1)NCCCOCC(C)C. The number of ether oxygens (including phenoxy) is 1. The molecule has 2 rings (SSSR count). The van der Waals surface area contributed by atoms with Crippen LogP contribution in [0.2, 0.25) is 0 Å². The average Bonchev–Trinajstić information content (AvgIpc) is 2.75. The molecule has 1 saturated heterocycles. The number of nitrogens with one attached hydrogen (secondary N) is 2. The van der Waals surface area contributed by atoms with Gasteiger partial charge in [0.25, 0.3) is 0 Å². The van der Waals surface area contributed by atoms with Crippen LogP contribution in [0.15, 0.2) is 34.2 Å². The van der Waals surface area contributed by atoms with Crippen LogP contribution in [0.4, 0.5) is 0 Å². The van der Waals surface area contributed by atoms with Gasteiger partial charge in [-0.1, -0.05) is 38.5 Å². The van der Waals surface area contributed by atoms with Crippen LogP contribution in [0.25, 0.3) is 0 Å². The fourth-order valence-electron chi connectivity index (χ4n) is 3.34. The molecule has 1 aliphatic rings. The Labute approximate surface area is 182 Å². The molecular formula is C22H38N4O3S. The van der Waals surface area contributed by atoms with Crippen molar-refractivity contribution in [1.29, 1.82) is 0 Å². The van der Waals surface area contributed by atoms with Gasteiger partial charge < -0.3 is 15.4 Å². The maximum Gasteiger partial charge on any atom is 0.243 e. The Balaban J connectivity index is 2.00. The zero-order valence-corrected chi connectivity index (χ0v) is 19.5. The van der Waals surface area contributed by atoms with Gasteiger partial charge in [0.1, 0.15) is 0 Å². The van der Waals surface area contributed by atoms with Gasteiger partial charge in [-0.25, -0.2) is 13.4 Å². The molecule has 8 heteroatoms. The quantitative estimate of drug-likeness (QED) is 0.315. The molecule has 1 aromatic rings. The van der Waals surface area contributed by atoms with E-state index in [0.29, 0.717) is 43.0 Å². The number of piperidine rings is 1. The van der Waals surface area contributed by atoms with Crippen molar-refractivity contribution in [2.24, 2.45) is 10.9 Å². The van der Waals surface area contributed by atoms with Crippen molar-refractivity contribution in [2.45, 2.75) is 57.9 Å². The highest BCUT2D eigenvalue weighted by Crippen LogP contribution is 2.24. The number of nitrogens with zero attached hydrogens (tertiary/aromatic N) is 2. The second-order valence-electron chi connectivity index (χ2n) is 8.02. The monoisotopic (exact) mass is 438 g/mol. The van der Waals surface area contributed by atoms with Crippen LogP contribution in [0.3, 0.4) is 0 Å². The molecule has 1 fully saturated rings. The lowest BCUT2D eigenvalue weighted by Gasteiger charge is -2.26. The van der Waals surface area contributed by atoms with Crippen LogP contribution in [0.1, 0.15) is 52.0 Å². The van der Waals surface area contributed by atoms with E-state index in [0.717, 1.165) is 50.9 Å². The lowest BCUT2D eigenvalue weighted by Crippen LogP contribution is -2.38. The minimum atomic E-state index is -3.48. The van der Waals surface area contributed by atoms with Crippen molar-refractivity contribution < 1.29 is 13.2 Å². The highest BCUT2D eigenvalue weighted by atomic mass is 32.2. The van der Waals surface area contributed by atoms with E-state index in [1.807, 2.05) is 19.1 Å². The van der Waals surface area contributed by atoms with Crippen LogP contribution in [0.5, 0.6) is 0 Å². The molecule has 1 heterocycles. The first-order chi connectivity index (χ1) is 14.4. The zero-order chi connectivity index (χ0) is 21.8. The summed E-state index contributed by atoms with van der Waals surface area (Å²) in [6.45, 7) is 10.8. The highest BCUT2D eigenvalue weighted by molar-refractivity contribution is 7.89. The first-order valence-corrected chi connectivity index (χ1v) is 12.6. The fourth-order valence-corrected chi connectivity index (χ4v) is 5.07. The average molecular weight is 439 g/mol. The van der Waals surface area contributed by atoms with Crippen LogP contribution in [0, 0.1) is 5.92 Å². The van der Waals surface area contributed by atoms with E-state index in [2.05, 4.69) is 29.5 Å². The Kier molecular flexibility index (Phi) is 10.6. The minimum Gasteiger partial charge on any atom is -0.381 e. The van der Waals surface area contributed by atoms with Crippen LogP contribution in [-0.2, 0) is 21.3 Å². The first-order valence-electron chi connectivity index (χ1n) is 11.1. The first kappa shape index (κ1) is 24.6. The van der Waals surface area contributed by atoms with Crippen molar-refractivity contribution in [3.8, 4) is 0 Å². The van der Waals surface area contributed by atoms with Gasteiger partial charge >= 0.3 is 0 Å². The summed E-state index contributed by atoms with van der Waals surface area (Å²) in [7, 11) is -3.48. The van der Waals surface area contributed by atoms with Crippen LogP contribution in [-0.4, -0.2) is 58.1 Å². The van der Waals surface area contributed by atoms with Gasteiger partial charge in [0, 0.05) is 39.4 Å². The summed E-state index contributed by atoms with van der Waals surface area (Å²) in [5, 5.41) is 6.52. The number of hydrogen-bond donors (Lipinski definition) is 2. The third kappa shape index (κ3) is 7.89. The Morgan fingerprint density at radius 1 is 1.17 bits per heavy atom. The van der Waals surface area contributed by atoms with Crippen molar-refractivity contribution in [3.05, 3.63) is 29.8 Å². The van der Waals surface area contributed by atoms with E-state index in [4.69, 9.17) is 4.74 Å². The molecule has 30 heavy (non-hydrogen) atoms. The summed E-state index contributed by atoms with van der Waals surface area (Å²) in [4.78, 5) is 4.99. The molecule has 0 aromatic heterocycles. The molecule has 1 aromatic carbocycles. The summed E-state index contributed by atoms with van der Waals surface area (Å²) in [6, 6.07) is 7.20. The maximum atomic E-state index is 13.1. The van der Waals surface area contributed by atoms with Crippen molar-refractivity contribution in [1.82, 2.24) is 14.9 Å². The Hall–Kier alpha value is -1.64. The molecule has 0 unspecified atom stereocenters. The Morgan fingerprint density at radius 2 is 1.90 bits per heavy atom. The highest BCUT2D eigenvalue weighted by Gasteiger charge is 2.27. The summed E-state index contributed by atoms with van der Waals surface area (Å²) in [6.07, 6.45) is 3.83. The normalized spacial score (nSPS) is 16.1. The topological polar surface area (TPSA) is 83.0 Å². The molecule has 170 valence electrons. The molecule has 0 saturated carbocycles. The molecule has 0 amide bonds. The van der Waals surface area contributed by atoms with E-state index in [-0.39, 0.29) is 0 Å². The van der Waals surface area contributed by atoms with E-state index in [1.165, 1.54) is 0 Å². The Morgan fingerprint density at radius 3 is 2.60 bits per heavy atom. The third-order valence-corrected chi connectivity index (χ3v) is 6.87. The summed E-state index contributed by atoms with van der Waals surface area (Å²) in [5.41, 5.74) is 0.723. The van der Waals surface area contributed by atoms with E-state index in [1.54, 1.807) is 16.4 Å². The lowest BCUT2D eigenvalue weighted by molar-refractivity contribution is 0.108. The predicted octanol–water partition coefficient (Wildman–Crippen LogP) is 2.98. The summed E-state index contributed by atoms with van der Waals surface area (Å²) < 4.78 is 33.5. The second kappa shape index (κ2) is 12.9.